The maximum atomic E-state index is 8.74. The fourth-order valence-electron chi connectivity index (χ4n) is 0.353. The van der Waals surface area contributed by atoms with Crippen molar-refractivity contribution in [1.82, 2.24) is 4.90 Å². The molecule has 2 unspecified atom stereocenters. The molecule has 0 aliphatic rings. The summed E-state index contributed by atoms with van der Waals surface area (Å²) in [5, 5.41) is 8.74. The summed E-state index contributed by atoms with van der Waals surface area (Å²) in [5.74, 6) is 0. The van der Waals surface area contributed by atoms with E-state index in [1.165, 1.54) is 0 Å². The second kappa shape index (κ2) is 9.46. The van der Waals surface area contributed by atoms with Crippen molar-refractivity contribution < 1.29 is 9.84 Å². The first-order valence-corrected chi connectivity index (χ1v) is 4.90. The van der Waals surface area contributed by atoms with Crippen LogP contribution in [0.15, 0.2) is 12.2 Å². The number of halogens is 1. The van der Waals surface area contributed by atoms with Crippen LogP contribution in [0.25, 0.3) is 0 Å². The quantitative estimate of drug-likeness (QED) is 0.582. The molecule has 2 atom stereocenters. The van der Waals surface area contributed by atoms with Gasteiger partial charge in [0, 0.05) is 0 Å². The molecule has 0 radical (unpaired) electrons. The first-order valence-electron chi connectivity index (χ1n) is 4.46. The van der Waals surface area contributed by atoms with Gasteiger partial charge in [-0.2, -0.15) is 0 Å². The lowest BCUT2D eigenvalue weighted by molar-refractivity contribution is 0.0191. The molecule has 0 rings (SSSR count). The highest BCUT2D eigenvalue weighted by molar-refractivity contribution is 6.19. The molecule has 0 spiro atoms. The minimum absolute atomic E-state index is 0.335. The van der Waals surface area contributed by atoms with Crippen molar-refractivity contribution in [2.24, 2.45) is 0 Å². The fraction of sp³-hybridized carbons (Fsp3) is 0.800. The number of ether oxygens (including phenoxy) is 1. The van der Waals surface area contributed by atoms with Gasteiger partial charge in [-0.25, -0.2) is 0 Å². The Morgan fingerprint density at radius 3 is 2.07 bits per heavy atom. The van der Waals surface area contributed by atoms with Crippen LogP contribution in [0.3, 0.4) is 0 Å². The van der Waals surface area contributed by atoms with E-state index in [-0.39, 0.29) is 6.10 Å². The zero-order chi connectivity index (χ0) is 11.7. The van der Waals surface area contributed by atoms with Crippen molar-refractivity contribution in [2.45, 2.75) is 25.5 Å². The van der Waals surface area contributed by atoms with Gasteiger partial charge in [0.25, 0.3) is 0 Å². The van der Waals surface area contributed by atoms with Gasteiger partial charge in [-0.05, 0) is 35.0 Å². The largest absolute Gasteiger partial charge is 0.375 e. The summed E-state index contributed by atoms with van der Waals surface area (Å²) in [6.45, 7) is 7.65. The van der Waals surface area contributed by atoms with Crippen LogP contribution in [0, 0.1) is 0 Å². The summed E-state index contributed by atoms with van der Waals surface area (Å²) in [5.41, 5.74) is -0.0106. The topological polar surface area (TPSA) is 32.7 Å². The molecule has 0 aromatic heterocycles. The molecular formula is C10H22ClNO2. The molecule has 0 fully saturated rings. The van der Waals surface area contributed by atoms with E-state index in [1.54, 1.807) is 6.92 Å². The average molecular weight is 224 g/mol. The lowest BCUT2D eigenvalue weighted by Gasteiger charge is -2.13. The molecule has 0 saturated heterocycles. The van der Waals surface area contributed by atoms with Crippen molar-refractivity contribution >= 4 is 11.6 Å². The van der Waals surface area contributed by atoms with E-state index in [1.807, 2.05) is 33.0 Å². The van der Waals surface area contributed by atoms with Crippen LogP contribution in [0.4, 0.5) is 0 Å². The molecule has 0 aromatic rings. The SMILES string of the molecule is C=C(C)COC(C)C(O)Cl.CN(C)C. The second-order valence-corrected chi connectivity index (χ2v) is 4.13. The van der Waals surface area contributed by atoms with Crippen molar-refractivity contribution in [3.8, 4) is 0 Å². The van der Waals surface area contributed by atoms with Gasteiger partial charge < -0.3 is 14.7 Å². The van der Waals surface area contributed by atoms with Crippen LogP contribution in [0.1, 0.15) is 13.8 Å². The Balaban J connectivity index is 0. The maximum absolute atomic E-state index is 8.74. The molecule has 0 bridgehead atoms. The molecule has 0 heterocycles. The van der Waals surface area contributed by atoms with Gasteiger partial charge in [0.1, 0.15) is 0 Å². The van der Waals surface area contributed by atoms with Gasteiger partial charge >= 0.3 is 0 Å². The molecule has 86 valence electrons. The molecule has 0 aliphatic heterocycles. The minimum Gasteiger partial charge on any atom is -0.375 e. The lowest BCUT2D eigenvalue weighted by atomic mass is 10.4. The standard InChI is InChI=1S/C7H13ClO2.C3H9N/c1-5(2)4-10-6(3)7(8)9;1-4(2)3/h6-7,9H,1,4H2,2-3H3;1-3H3. The molecule has 0 saturated carbocycles. The van der Waals surface area contributed by atoms with Crippen LogP contribution < -0.4 is 0 Å². The third-order valence-electron chi connectivity index (χ3n) is 0.980. The third kappa shape index (κ3) is 17.9. The summed E-state index contributed by atoms with van der Waals surface area (Å²) in [4.78, 5) is 2.00. The zero-order valence-electron chi connectivity index (χ0n) is 9.75. The van der Waals surface area contributed by atoms with Crippen LogP contribution >= 0.6 is 11.6 Å². The van der Waals surface area contributed by atoms with E-state index in [4.69, 9.17) is 21.4 Å². The molecule has 0 aliphatic carbocycles. The van der Waals surface area contributed by atoms with Crippen LogP contribution in [-0.2, 0) is 4.74 Å². The Morgan fingerprint density at radius 2 is 1.86 bits per heavy atom. The smallest absolute Gasteiger partial charge is 0.153 e. The summed E-state index contributed by atoms with van der Waals surface area (Å²) in [6, 6.07) is 0. The van der Waals surface area contributed by atoms with Gasteiger partial charge in [-0.3, -0.25) is 0 Å². The van der Waals surface area contributed by atoms with Gasteiger partial charge in [0.2, 0.25) is 0 Å². The molecule has 4 heteroatoms. The predicted octanol–water partition coefficient (Wildman–Crippen LogP) is 1.70. The van der Waals surface area contributed by atoms with E-state index in [0.717, 1.165) is 5.57 Å². The number of aliphatic hydroxyl groups is 1. The lowest BCUT2D eigenvalue weighted by Crippen LogP contribution is -2.21. The first-order chi connectivity index (χ1) is 6.27. The highest BCUT2D eigenvalue weighted by atomic mass is 35.5. The minimum atomic E-state index is -0.931. The number of aliphatic hydroxyl groups excluding tert-OH is 1. The Bertz CT molecular complexity index is 146. The zero-order valence-corrected chi connectivity index (χ0v) is 10.5. The molecule has 0 amide bonds. The van der Waals surface area contributed by atoms with E-state index in [9.17, 15) is 0 Å². The number of hydrogen-bond acceptors (Lipinski definition) is 3. The third-order valence-corrected chi connectivity index (χ3v) is 1.33. The van der Waals surface area contributed by atoms with Crippen LogP contribution in [-0.4, -0.2) is 49.4 Å². The molecular weight excluding hydrogens is 202 g/mol. The number of hydrogen-bond donors (Lipinski definition) is 1. The Labute approximate surface area is 92.3 Å². The van der Waals surface area contributed by atoms with Gasteiger partial charge in [-0.15, -0.1) is 0 Å². The summed E-state index contributed by atoms with van der Waals surface area (Å²) >= 11 is 5.31. The average Bonchev–Trinajstić information content (AvgIpc) is 1.98. The van der Waals surface area contributed by atoms with E-state index >= 15 is 0 Å². The van der Waals surface area contributed by atoms with Gasteiger partial charge in [0.05, 0.1) is 12.7 Å². The van der Waals surface area contributed by atoms with Crippen LogP contribution in [0.5, 0.6) is 0 Å². The van der Waals surface area contributed by atoms with Crippen molar-refractivity contribution in [2.75, 3.05) is 27.7 Å². The molecule has 1 N–H and O–H groups in total. The first kappa shape index (κ1) is 16.3. The summed E-state index contributed by atoms with van der Waals surface area (Å²) < 4.78 is 5.08. The van der Waals surface area contributed by atoms with Gasteiger partial charge in [0.15, 0.2) is 5.56 Å². The number of alkyl halides is 1. The summed E-state index contributed by atoms with van der Waals surface area (Å²) in [6.07, 6.45) is -0.335. The predicted molar refractivity (Wildman–Crippen MR) is 61.7 cm³/mol. The normalized spacial score (nSPS) is 14.3. The van der Waals surface area contributed by atoms with Crippen molar-refractivity contribution in [3.63, 3.8) is 0 Å². The Kier molecular flexibility index (Phi) is 11.0. The highest BCUT2D eigenvalue weighted by Gasteiger charge is 2.09. The van der Waals surface area contributed by atoms with Crippen molar-refractivity contribution in [1.29, 1.82) is 0 Å². The molecule has 3 nitrogen and oxygen atoms in total. The van der Waals surface area contributed by atoms with Crippen LogP contribution in [0.2, 0.25) is 0 Å². The van der Waals surface area contributed by atoms with E-state index in [2.05, 4.69) is 6.58 Å². The number of nitrogens with zero attached hydrogens (tertiary/aromatic N) is 1. The maximum Gasteiger partial charge on any atom is 0.153 e. The molecule has 0 aromatic carbocycles. The second-order valence-electron chi connectivity index (χ2n) is 3.69. The van der Waals surface area contributed by atoms with E-state index < -0.39 is 5.56 Å². The molecule has 14 heavy (non-hydrogen) atoms. The van der Waals surface area contributed by atoms with Crippen molar-refractivity contribution in [3.05, 3.63) is 12.2 Å². The number of rotatable bonds is 4. The Morgan fingerprint density at radius 1 is 1.50 bits per heavy atom. The summed E-state index contributed by atoms with van der Waals surface area (Å²) in [7, 11) is 6.00. The van der Waals surface area contributed by atoms with E-state index in [0.29, 0.717) is 6.61 Å². The Hall–Kier alpha value is -0.0900. The highest BCUT2D eigenvalue weighted by Crippen LogP contribution is 2.03. The fourth-order valence-corrected chi connectivity index (χ4v) is 0.426. The monoisotopic (exact) mass is 223 g/mol. The van der Waals surface area contributed by atoms with Gasteiger partial charge in [-0.1, -0.05) is 23.8 Å².